The number of nitro benzene ring substituents is 1. The fraction of sp³-hybridized carbons (Fsp3) is 0.0500. The molecule has 0 aliphatic heterocycles. The van der Waals surface area contributed by atoms with Gasteiger partial charge in [-0.1, -0.05) is 12.1 Å². The van der Waals surface area contributed by atoms with Crippen molar-refractivity contribution < 1.29 is 18.9 Å². The maximum atomic E-state index is 12.5. The topological polar surface area (TPSA) is 127 Å². The summed E-state index contributed by atoms with van der Waals surface area (Å²) in [7, 11) is 0. The van der Waals surface area contributed by atoms with E-state index in [1.807, 2.05) is 0 Å². The Balaban J connectivity index is 1.65. The van der Waals surface area contributed by atoms with Crippen molar-refractivity contribution in [3.8, 4) is 0 Å². The third kappa shape index (κ3) is 4.86. The number of nitrogens with one attached hydrogen (secondary N) is 3. The number of furan rings is 1. The molecule has 3 N–H and O–H groups in total. The Morgan fingerprint density at radius 3 is 2.37 bits per heavy atom. The second-order valence-corrected chi connectivity index (χ2v) is 6.54. The zero-order valence-corrected chi connectivity index (χ0v) is 16.5. The Bertz CT molecular complexity index is 1130. The SMILES string of the molecule is Cc1c(C(=O)NC(=S)Nc2cccc(NC(=O)c3ccco3)c2)cccc1[N+](=O)[O-]. The number of rotatable bonds is 5. The summed E-state index contributed by atoms with van der Waals surface area (Å²) < 4.78 is 5.04. The van der Waals surface area contributed by atoms with E-state index in [0.29, 0.717) is 11.4 Å². The maximum Gasteiger partial charge on any atom is 0.291 e. The molecule has 2 amide bonds. The molecule has 0 aliphatic carbocycles. The van der Waals surface area contributed by atoms with Gasteiger partial charge in [-0.15, -0.1) is 0 Å². The Morgan fingerprint density at radius 1 is 1.00 bits per heavy atom. The molecule has 0 saturated heterocycles. The number of thiocarbonyl (C=S) groups is 1. The number of hydrogen-bond donors (Lipinski definition) is 3. The van der Waals surface area contributed by atoms with Crippen LogP contribution in [0.1, 0.15) is 26.5 Å². The predicted molar refractivity (Wildman–Crippen MR) is 115 cm³/mol. The Kier molecular flexibility index (Phi) is 6.18. The lowest BCUT2D eigenvalue weighted by Gasteiger charge is -2.12. The average molecular weight is 424 g/mol. The first-order valence-corrected chi connectivity index (χ1v) is 9.07. The summed E-state index contributed by atoms with van der Waals surface area (Å²) in [5, 5.41) is 19.1. The standard InChI is InChI=1S/C20H16N4O5S/c1-12-15(7-3-8-16(12)24(27)28)18(25)23-20(30)22-14-6-2-5-13(11-14)21-19(26)17-9-4-10-29-17/h2-11H,1H3,(H,21,26)(H2,22,23,25,30). The average Bonchev–Trinajstić information content (AvgIpc) is 3.23. The summed E-state index contributed by atoms with van der Waals surface area (Å²) in [5.74, 6) is -0.811. The van der Waals surface area contributed by atoms with Crippen molar-refractivity contribution >= 4 is 46.2 Å². The molecule has 3 rings (SSSR count). The van der Waals surface area contributed by atoms with Gasteiger partial charge in [0.25, 0.3) is 17.5 Å². The van der Waals surface area contributed by atoms with Crippen molar-refractivity contribution in [3.05, 3.63) is 87.9 Å². The maximum absolute atomic E-state index is 12.5. The zero-order chi connectivity index (χ0) is 21.7. The zero-order valence-electron chi connectivity index (χ0n) is 15.7. The molecule has 0 bridgehead atoms. The number of benzene rings is 2. The van der Waals surface area contributed by atoms with Crippen molar-refractivity contribution in [1.82, 2.24) is 5.32 Å². The van der Waals surface area contributed by atoms with Crippen LogP contribution in [0.5, 0.6) is 0 Å². The van der Waals surface area contributed by atoms with Gasteiger partial charge in [0.15, 0.2) is 10.9 Å². The van der Waals surface area contributed by atoms with E-state index >= 15 is 0 Å². The highest BCUT2D eigenvalue weighted by molar-refractivity contribution is 7.80. The van der Waals surface area contributed by atoms with Gasteiger partial charge in [0, 0.05) is 28.6 Å². The molecule has 0 fully saturated rings. The van der Waals surface area contributed by atoms with Crippen LogP contribution in [0.15, 0.2) is 65.3 Å². The van der Waals surface area contributed by atoms with Gasteiger partial charge in [-0.05, 0) is 55.5 Å². The highest BCUT2D eigenvalue weighted by Gasteiger charge is 2.18. The van der Waals surface area contributed by atoms with E-state index in [4.69, 9.17) is 16.6 Å². The molecule has 0 saturated carbocycles. The van der Waals surface area contributed by atoms with Crippen LogP contribution in [0, 0.1) is 17.0 Å². The molecule has 1 aromatic heterocycles. The molecular weight excluding hydrogens is 408 g/mol. The number of carbonyl (C=O) groups is 2. The van der Waals surface area contributed by atoms with Gasteiger partial charge in [0.05, 0.1) is 11.2 Å². The van der Waals surface area contributed by atoms with Crippen molar-refractivity contribution in [2.24, 2.45) is 0 Å². The monoisotopic (exact) mass is 424 g/mol. The lowest BCUT2D eigenvalue weighted by Crippen LogP contribution is -2.34. The summed E-state index contributed by atoms with van der Waals surface area (Å²) in [6.45, 7) is 1.49. The number of amides is 2. The van der Waals surface area contributed by atoms with Crippen molar-refractivity contribution in [2.75, 3.05) is 10.6 Å². The number of nitrogens with zero attached hydrogens (tertiary/aromatic N) is 1. The van der Waals surface area contributed by atoms with E-state index in [0.717, 1.165) is 0 Å². The molecule has 10 heteroatoms. The van der Waals surface area contributed by atoms with E-state index in [-0.39, 0.29) is 27.7 Å². The van der Waals surface area contributed by atoms with Crippen molar-refractivity contribution in [1.29, 1.82) is 0 Å². The first kappa shape index (κ1) is 20.7. The Hall–Kier alpha value is -4.05. The Morgan fingerprint density at radius 2 is 1.70 bits per heavy atom. The van der Waals surface area contributed by atoms with Crippen molar-refractivity contribution in [2.45, 2.75) is 6.92 Å². The molecule has 152 valence electrons. The summed E-state index contributed by atoms with van der Waals surface area (Å²) >= 11 is 5.16. The largest absolute Gasteiger partial charge is 0.459 e. The molecule has 0 spiro atoms. The molecule has 0 unspecified atom stereocenters. The summed E-state index contributed by atoms with van der Waals surface area (Å²) in [6, 6.07) is 14.1. The number of anilines is 2. The normalized spacial score (nSPS) is 10.2. The predicted octanol–water partition coefficient (Wildman–Crippen LogP) is 3.88. The van der Waals surface area contributed by atoms with Gasteiger partial charge in [0.2, 0.25) is 0 Å². The van der Waals surface area contributed by atoms with E-state index in [9.17, 15) is 19.7 Å². The fourth-order valence-corrected chi connectivity index (χ4v) is 2.89. The first-order valence-electron chi connectivity index (χ1n) is 8.66. The van der Waals surface area contributed by atoms with Gasteiger partial charge in [0.1, 0.15) is 0 Å². The van der Waals surface area contributed by atoms with E-state index < -0.39 is 16.7 Å². The lowest BCUT2D eigenvalue weighted by atomic mass is 10.1. The molecule has 9 nitrogen and oxygen atoms in total. The molecule has 0 radical (unpaired) electrons. The molecule has 0 atom stereocenters. The van der Waals surface area contributed by atoms with Crippen LogP contribution >= 0.6 is 12.2 Å². The third-order valence-electron chi connectivity index (χ3n) is 4.10. The van der Waals surface area contributed by atoms with Crippen LogP contribution in [0.4, 0.5) is 17.1 Å². The first-order chi connectivity index (χ1) is 14.3. The van der Waals surface area contributed by atoms with Crippen LogP contribution in [0.3, 0.4) is 0 Å². The van der Waals surface area contributed by atoms with Crippen LogP contribution in [0.25, 0.3) is 0 Å². The second kappa shape index (κ2) is 8.97. The summed E-state index contributed by atoms with van der Waals surface area (Å²) in [6.07, 6.45) is 1.40. The highest BCUT2D eigenvalue weighted by Crippen LogP contribution is 2.21. The van der Waals surface area contributed by atoms with Crippen molar-refractivity contribution in [3.63, 3.8) is 0 Å². The molecular formula is C20H16N4O5S. The number of carbonyl (C=O) groups excluding carboxylic acids is 2. The quantitative estimate of drug-likeness (QED) is 0.322. The van der Waals surface area contributed by atoms with E-state index in [1.54, 1.807) is 30.3 Å². The van der Waals surface area contributed by atoms with Crippen LogP contribution in [-0.2, 0) is 0 Å². The minimum atomic E-state index is -0.573. The highest BCUT2D eigenvalue weighted by atomic mass is 32.1. The van der Waals surface area contributed by atoms with Crippen LogP contribution < -0.4 is 16.0 Å². The fourth-order valence-electron chi connectivity index (χ4n) is 2.68. The van der Waals surface area contributed by atoms with Crippen LogP contribution in [0.2, 0.25) is 0 Å². The van der Waals surface area contributed by atoms with E-state index in [2.05, 4.69) is 16.0 Å². The van der Waals surface area contributed by atoms with E-state index in [1.165, 1.54) is 37.5 Å². The van der Waals surface area contributed by atoms with Gasteiger partial charge < -0.3 is 15.1 Å². The molecule has 30 heavy (non-hydrogen) atoms. The van der Waals surface area contributed by atoms with Gasteiger partial charge in [-0.3, -0.25) is 25.0 Å². The minimum absolute atomic E-state index is 0.000386. The minimum Gasteiger partial charge on any atom is -0.459 e. The third-order valence-corrected chi connectivity index (χ3v) is 4.30. The molecule has 1 heterocycles. The van der Waals surface area contributed by atoms with Gasteiger partial charge in [-0.2, -0.15) is 0 Å². The summed E-state index contributed by atoms with van der Waals surface area (Å²) in [4.78, 5) is 35.0. The number of hydrogen-bond acceptors (Lipinski definition) is 6. The van der Waals surface area contributed by atoms with Crippen LogP contribution in [-0.4, -0.2) is 21.9 Å². The molecule has 3 aromatic rings. The lowest BCUT2D eigenvalue weighted by molar-refractivity contribution is -0.385. The summed E-state index contributed by atoms with van der Waals surface area (Å²) in [5.41, 5.74) is 1.25. The molecule has 0 aliphatic rings. The smallest absolute Gasteiger partial charge is 0.291 e. The molecule has 2 aromatic carbocycles. The second-order valence-electron chi connectivity index (χ2n) is 6.13. The van der Waals surface area contributed by atoms with Gasteiger partial charge >= 0.3 is 0 Å². The van der Waals surface area contributed by atoms with Gasteiger partial charge in [-0.25, -0.2) is 0 Å². The number of nitro groups is 1. The Labute approximate surface area is 176 Å².